The average molecular weight is 225 g/mol. The molecule has 1 aromatic heterocycles. The van der Waals surface area contributed by atoms with Crippen LogP contribution < -0.4 is 0 Å². The molecule has 13 heavy (non-hydrogen) atoms. The zero-order valence-corrected chi connectivity index (χ0v) is 7.62. The third-order valence-corrected chi connectivity index (χ3v) is 2.82. The lowest BCUT2D eigenvalue weighted by Gasteiger charge is -2.12. The van der Waals surface area contributed by atoms with Crippen molar-refractivity contribution in [1.29, 1.82) is 5.26 Å². The van der Waals surface area contributed by atoms with E-state index in [0.29, 0.717) is 0 Å². The van der Waals surface area contributed by atoms with E-state index in [1.165, 1.54) is 6.20 Å². The highest BCUT2D eigenvalue weighted by molar-refractivity contribution is 7.93. The Labute approximate surface area is 80.5 Å². The Kier molecular flexibility index (Phi) is 2.81. The Morgan fingerprint density at radius 2 is 2.23 bits per heavy atom. The fourth-order valence-corrected chi connectivity index (χ4v) is 1.69. The topological polar surface area (TPSA) is 62.6 Å². The van der Waals surface area contributed by atoms with Gasteiger partial charge in [-0.25, -0.2) is 0 Å². The van der Waals surface area contributed by atoms with Gasteiger partial charge in [0.05, 0.1) is 17.4 Å². The summed E-state index contributed by atoms with van der Waals surface area (Å²) in [5.74, 6) is 0. The number of nitrogens with one attached hydrogen (secondary N) is 1. The Bertz CT molecular complexity index is 343. The van der Waals surface area contributed by atoms with E-state index in [4.69, 9.17) is 5.26 Å². The van der Waals surface area contributed by atoms with Crippen LogP contribution in [-0.4, -0.2) is 14.3 Å². The van der Waals surface area contributed by atoms with Crippen LogP contribution in [0.2, 0.25) is 0 Å². The summed E-state index contributed by atoms with van der Waals surface area (Å²) < 4.78 is 31.8. The predicted molar refractivity (Wildman–Crippen MR) is 42.7 cm³/mol. The highest BCUT2D eigenvalue weighted by atomic mass is 35.5. The van der Waals surface area contributed by atoms with Gasteiger partial charge >= 0.3 is 4.71 Å². The third-order valence-electron chi connectivity index (χ3n) is 1.24. The second kappa shape index (κ2) is 3.54. The molecule has 0 radical (unpaired) electrons. The molecule has 7 heteroatoms. The van der Waals surface area contributed by atoms with Crippen molar-refractivity contribution in [3.05, 3.63) is 18.0 Å². The van der Waals surface area contributed by atoms with Crippen molar-refractivity contribution >= 4 is 22.8 Å². The van der Waals surface area contributed by atoms with Crippen LogP contribution in [0.5, 0.6) is 0 Å². The number of rotatable bonds is 2. The first-order chi connectivity index (χ1) is 5.96. The molecule has 1 unspecified atom stereocenters. The standard InChI is InChI=1S/C6H3ClF2N2OS/c7-6(8,9)13(12)5-3-11-2-4(5)1-10/h2-3,11H. The summed E-state index contributed by atoms with van der Waals surface area (Å²) in [6.45, 7) is 0. The van der Waals surface area contributed by atoms with Crippen LogP contribution >= 0.6 is 11.6 Å². The van der Waals surface area contributed by atoms with E-state index in [1.54, 1.807) is 6.07 Å². The SMILES string of the molecule is N#Cc1c[nH]cc1[S+]([O-])C(F)(F)Cl. The number of hydrogen-bond acceptors (Lipinski definition) is 2. The van der Waals surface area contributed by atoms with Gasteiger partial charge in [0.2, 0.25) is 0 Å². The first-order valence-corrected chi connectivity index (χ1v) is 4.55. The summed E-state index contributed by atoms with van der Waals surface area (Å²) in [6, 6.07) is 1.61. The Morgan fingerprint density at radius 1 is 1.62 bits per heavy atom. The van der Waals surface area contributed by atoms with Gasteiger partial charge in [-0.1, -0.05) is 0 Å². The second-order valence-electron chi connectivity index (χ2n) is 2.06. The van der Waals surface area contributed by atoms with Crippen molar-refractivity contribution < 1.29 is 13.3 Å². The Hall–Kier alpha value is -0.770. The maximum Gasteiger partial charge on any atom is 0.497 e. The molecule has 0 aromatic carbocycles. The van der Waals surface area contributed by atoms with Gasteiger partial charge in [-0.15, -0.1) is 8.78 Å². The predicted octanol–water partition coefficient (Wildman–Crippen LogP) is 1.78. The van der Waals surface area contributed by atoms with Crippen molar-refractivity contribution in [2.24, 2.45) is 0 Å². The molecule has 0 aliphatic heterocycles. The van der Waals surface area contributed by atoms with Gasteiger partial charge in [0.15, 0.2) is 4.90 Å². The number of hydrogen-bond donors (Lipinski definition) is 1. The fraction of sp³-hybridized carbons (Fsp3) is 0.167. The molecule has 1 aromatic rings. The third kappa shape index (κ3) is 2.12. The summed E-state index contributed by atoms with van der Waals surface area (Å²) in [4.78, 5) is 2.11. The lowest BCUT2D eigenvalue weighted by Crippen LogP contribution is -2.22. The molecule has 0 aliphatic carbocycles. The van der Waals surface area contributed by atoms with Crippen LogP contribution in [0, 0.1) is 11.3 Å². The molecule has 70 valence electrons. The second-order valence-corrected chi connectivity index (χ2v) is 4.25. The van der Waals surface area contributed by atoms with Crippen molar-refractivity contribution in [1.82, 2.24) is 4.98 Å². The summed E-state index contributed by atoms with van der Waals surface area (Å²) in [5.41, 5.74) is -0.0985. The van der Waals surface area contributed by atoms with E-state index in [-0.39, 0.29) is 10.5 Å². The largest absolute Gasteiger partial charge is 0.606 e. The molecule has 1 atom stereocenters. The number of aromatic nitrogens is 1. The summed E-state index contributed by atoms with van der Waals surface area (Å²) in [5, 5.41) is 8.43. The van der Waals surface area contributed by atoms with Gasteiger partial charge in [-0.05, 0) is 0 Å². The van der Waals surface area contributed by atoms with E-state index >= 15 is 0 Å². The average Bonchev–Trinajstić information content (AvgIpc) is 2.48. The molecule has 3 nitrogen and oxygen atoms in total. The van der Waals surface area contributed by atoms with Crippen LogP contribution in [0.4, 0.5) is 8.78 Å². The van der Waals surface area contributed by atoms with Crippen LogP contribution in [0.25, 0.3) is 0 Å². The number of aromatic amines is 1. The molecule has 0 saturated carbocycles. The molecule has 0 bridgehead atoms. The van der Waals surface area contributed by atoms with Gasteiger partial charge < -0.3 is 9.54 Å². The molecule has 1 heterocycles. The van der Waals surface area contributed by atoms with Crippen LogP contribution in [-0.2, 0) is 11.2 Å². The number of H-pyrrole nitrogens is 1. The van der Waals surface area contributed by atoms with Crippen LogP contribution in [0.15, 0.2) is 17.3 Å². The number of halogens is 3. The smallest absolute Gasteiger partial charge is 0.497 e. The minimum absolute atomic E-state index is 0.0985. The van der Waals surface area contributed by atoms with E-state index in [1.807, 2.05) is 0 Å². The summed E-state index contributed by atoms with van der Waals surface area (Å²) >= 11 is 1.84. The molecule has 1 N–H and O–H groups in total. The molecule has 1 rings (SSSR count). The van der Waals surface area contributed by atoms with E-state index in [0.717, 1.165) is 6.20 Å². The van der Waals surface area contributed by atoms with Crippen molar-refractivity contribution in [2.45, 2.75) is 9.61 Å². The lowest BCUT2D eigenvalue weighted by atomic mass is 10.4. The highest BCUT2D eigenvalue weighted by Crippen LogP contribution is 2.33. The first-order valence-electron chi connectivity index (χ1n) is 3.02. The number of nitriles is 1. The molecular weight excluding hydrogens is 222 g/mol. The van der Waals surface area contributed by atoms with Crippen LogP contribution in [0.1, 0.15) is 5.56 Å². The van der Waals surface area contributed by atoms with Gasteiger partial charge in [-0.2, -0.15) is 5.26 Å². The zero-order valence-electron chi connectivity index (χ0n) is 6.05. The van der Waals surface area contributed by atoms with E-state index in [9.17, 15) is 13.3 Å². The van der Waals surface area contributed by atoms with Gasteiger partial charge in [-0.3, -0.25) is 0 Å². The van der Waals surface area contributed by atoms with Crippen molar-refractivity contribution in [2.75, 3.05) is 0 Å². The van der Waals surface area contributed by atoms with Crippen molar-refractivity contribution in [3.63, 3.8) is 0 Å². The summed E-state index contributed by atoms with van der Waals surface area (Å²) in [7, 11) is 0. The summed E-state index contributed by atoms with van der Waals surface area (Å²) in [6.07, 6.45) is 2.24. The molecule has 0 saturated heterocycles. The molecule has 0 fully saturated rings. The Balaban J connectivity index is 3.03. The molecular formula is C6H3ClF2N2OS. The highest BCUT2D eigenvalue weighted by Gasteiger charge is 2.44. The Morgan fingerprint density at radius 3 is 2.69 bits per heavy atom. The minimum Gasteiger partial charge on any atom is -0.606 e. The van der Waals surface area contributed by atoms with Gasteiger partial charge in [0.1, 0.15) is 11.6 Å². The zero-order chi connectivity index (χ0) is 10.1. The first kappa shape index (κ1) is 10.3. The van der Waals surface area contributed by atoms with Crippen LogP contribution in [0.3, 0.4) is 0 Å². The fourth-order valence-electron chi connectivity index (χ4n) is 0.715. The number of nitrogens with zero attached hydrogens (tertiary/aromatic N) is 1. The van der Waals surface area contributed by atoms with Crippen molar-refractivity contribution in [3.8, 4) is 6.07 Å². The molecule has 0 amide bonds. The monoisotopic (exact) mass is 224 g/mol. The van der Waals surface area contributed by atoms with E-state index < -0.39 is 15.9 Å². The minimum atomic E-state index is -3.85. The normalized spacial score (nSPS) is 13.8. The molecule has 0 aliphatic rings. The van der Waals surface area contributed by atoms with E-state index in [2.05, 4.69) is 16.6 Å². The maximum atomic E-state index is 12.3. The quantitative estimate of drug-likeness (QED) is 0.615. The maximum absolute atomic E-state index is 12.3. The number of alkyl halides is 3. The van der Waals surface area contributed by atoms with Gasteiger partial charge in [0, 0.05) is 17.8 Å². The lowest BCUT2D eigenvalue weighted by molar-refractivity contribution is 0.187. The van der Waals surface area contributed by atoms with Gasteiger partial charge in [0.25, 0.3) is 0 Å². The molecule has 0 spiro atoms.